The molecule has 0 amide bonds. The molecule has 78 valence electrons. The maximum Gasteiger partial charge on any atom is 0.125 e. The molecule has 1 rings (SSSR count). The second kappa shape index (κ2) is 5.75. The summed E-state index contributed by atoms with van der Waals surface area (Å²) in [5.41, 5.74) is 6.62. The first-order valence-electron chi connectivity index (χ1n) is 4.66. The fraction of sp³-hybridized carbons (Fsp3) is 0.500. The SMILES string of the molecule is CSCC(C)CNc1ccnc(N)c1. The number of hydrogen-bond donors (Lipinski definition) is 2. The van der Waals surface area contributed by atoms with Gasteiger partial charge in [-0.1, -0.05) is 6.92 Å². The third-order valence-electron chi connectivity index (χ3n) is 1.89. The second-order valence-electron chi connectivity index (χ2n) is 3.41. The maximum atomic E-state index is 5.57. The van der Waals surface area contributed by atoms with Crippen molar-refractivity contribution in [2.24, 2.45) is 5.92 Å². The summed E-state index contributed by atoms with van der Waals surface area (Å²) in [6.45, 7) is 3.21. The van der Waals surface area contributed by atoms with Gasteiger partial charge < -0.3 is 11.1 Å². The minimum atomic E-state index is 0.563. The first-order chi connectivity index (χ1) is 6.72. The molecule has 1 aromatic rings. The summed E-state index contributed by atoms with van der Waals surface area (Å²) in [4.78, 5) is 3.94. The van der Waals surface area contributed by atoms with Gasteiger partial charge in [-0.15, -0.1) is 0 Å². The van der Waals surface area contributed by atoms with Crippen LogP contribution in [-0.4, -0.2) is 23.5 Å². The Labute approximate surface area is 89.5 Å². The van der Waals surface area contributed by atoms with Gasteiger partial charge >= 0.3 is 0 Å². The quantitative estimate of drug-likeness (QED) is 0.783. The third-order valence-corrected chi connectivity index (χ3v) is 2.79. The molecule has 0 aromatic carbocycles. The molecular formula is C10H17N3S. The Kier molecular flexibility index (Phi) is 4.59. The van der Waals surface area contributed by atoms with Crippen LogP contribution in [0.1, 0.15) is 6.92 Å². The molecule has 14 heavy (non-hydrogen) atoms. The Hall–Kier alpha value is -0.900. The minimum absolute atomic E-state index is 0.563. The van der Waals surface area contributed by atoms with E-state index < -0.39 is 0 Å². The van der Waals surface area contributed by atoms with Crippen LogP contribution in [0.3, 0.4) is 0 Å². The highest BCUT2D eigenvalue weighted by Crippen LogP contribution is 2.11. The van der Waals surface area contributed by atoms with Gasteiger partial charge in [-0.2, -0.15) is 11.8 Å². The highest BCUT2D eigenvalue weighted by Gasteiger charge is 2.00. The summed E-state index contributed by atoms with van der Waals surface area (Å²) in [7, 11) is 0. The van der Waals surface area contributed by atoms with Crippen molar-refractivity contribution in [3.8, 4) is 0 Å². The molecule has 0 saturated carbocycles. The zero-order valence-electron chi connectivity index (χ0n) is 8.66. The minimum Gasteiger partial charge on any atom is -0.385 e. The van der Waals surface area contributed by atoms with Crippen LogP contribution >= 0.6 is 11.8 Å². The van der Waals surface area contributed by atoms with E-state index in [1.807, 2.05) is 23.9 Å². The number of anilines is 2. The molecule has 3 N–H and O–H groups in total. The van der Waals surface area contributed by atoms with Crippen molar-refractivity contribution in [1.82, 2.24) is 4.98 Å². The lowest BCUT2D eigenvalue weighted by Crippen LogP contribution is -2.13. The Balaban J connectivity index is 2.37. The zero-order valence-corrected chi connectivity index (χ0v) is 9.47. The van der Waals surface area contributed by atoms with Gasteiger partial charge in [-0.05, 0) is 24.0 Å². The number of hydrogen-bond acceptors (Lipinski definition) is 4. The van der Waals surface area contributed by atoms with Gasteiger partial charge in [0.15, 0.2) is 0 Å². The van der Waals surface area contributed by atoms with E-state index in [-0.39, 0.29) is 0 Å². The van der Waals surface area contributed by atoms with E-state index in [0.717, 1.165) is 12.2 Å². The van der Waals surface area contributed by atoms with Crippen molar-refractivity contribution < 1.29 is 0 Å². The topological polar surface area (TPSA) is 50.9 Å². The van der Waals surface area contributed by atoms with E-state index in [9.17, 15) is 0 Å². The number of nitrogens with zero attached hydrogens (tertiary/aromatic N) is 1. The molecule has 1 heterocycles. The number of nitrogens with one attached hydrogen (secondary N) is 1. The smallest absolute Gasteiger partial charge is 0.125 e. The average molecular weight is 211 g/mol. The molecule has 4 heteroatoms. The largest absolute Gasteiger partial charge is 0.385 e. The van der Waals surface area contributed by atoms with E-state index >= 15 is 0 Å². The van der Waals surface area contributed by atoms with E-state index in [1.54, 1.807) is 6.20 Å². The molecule has 0 aliphatic carbocycles. The summed E-state index contributed by atoms with van der Waals surface area (Å²) in [6.07, 6.45) is 3.85. The highest BCUT2D eigenvalue weighted by atomic mass is 32.2. The lowest BCUT2D eigenvalue weighted by Gasteiger charge is -2.12. The number of aromatic nitrogens is 1. The second-order valence-corrected chi connectivity index (χ2v) is 4.32. The molecule has 0 aliphatic heterocycles. The van der Waals surface area contributed by atoms with E-state index in [4.69, 9.17) is 5.73 Å². The number of nitrogen functional groups attached to an aromatic ring is 1. The molecule has 1 atom stereocenters. The van der Waals surface area contributed by atoms with Crippen LogP contribution in [0.2, 0.25) is 0 Å². The lowest BCUT2D eigenvalue weighted by atomic mass is 10.2. The van der Waals surface area contributed by atoms with Crippen LogP contribution in [0.5, 0.6) is 0 Å². The van der Waals surface area contributed by atoms with E-state index in [0.29, 0.717) is 11.7 Å². The van der Waals surface area contributed by atoms with Gasteiger partial charge in [0.1, 0.15) is 5.82 Å². The first kappa shape index (κ1) is 11.2. The molecule has 1 unspecified atom stereocenters. The molecule has 0 fully saturated rings. The fourth-order valence-electron chi connectivity index (χ4n) is 1.19. The van der Waals surface area contributed by atoms with Crippen LogP contribution in [0, 0.1) is 5.92 Å². The molecule has 0 radical (unpaired) electrons. The van der Waals surface area contributed by atoms with Crippen molar-refractivity contribution in [1.29, 1.82) is 0 Å². The monoisotopic (exact) mass is 211 g/mol. The third kappa shape index (κ3) is 3.87. The molecule has 1 aromatic heterocycles. The van der Waals surface area contributed by atoms with Crippen LogP contribution in [0.4, 0.5) is 11.5 Å². The van der Waals surface area contributed by atoms with E-state index in [1.165, 1.54) is 5.75 Å². The fourth-order valence-corrected chi connectivity index (χ4v) is 1.88. The normalized spacial score (nSPS) is 12.4. The van der Waals surface area contributed by atoms with Crippen LogP contribution in [-0.2, 0) is 0 Å². The van der Waals surface area contributed by atoms with Crippen LogP contribution in [0.25, 0.3) is 0 Å². The number of thioether (sulfide) groups is 1. The summed E-state index contributed by atoms with van der Waals surface area (Å²) in [5, 5.41) is 3.34. The molecule has 3 nitrogen and oxygen atoms in total. The summed E-state index contributed by atoms with van der Waals surface area (Å²) < 4.78 is 0. The van der Waals surface area contributed by atoms with Crippen LogP contribution < -0.4 is 11.1 Å². The zero-order chi connectivity index (χ0) is 10.4. The van der Waals surface area contributed by atoms with Crippen molar-refractivity contribution >= 4 is 23.3 Å². The molecule has 0 spiro atoms. The summed E-state index contributed by atoms with van der Waals surface area (Å²) in [6, 6.07) is 3.79. The first-order valence-corrected chi connectivity index (χ1v) is 6.06. The summed E-state index contributed by atoms with van der Waals surface area (Å²) >= 11 is 1.87. The predicted octanol–water partition coefficient (Wildman–Crippen LogP) is 2.07. The van der Waals surface area contributed by atoms with Gasteiger partial charge in [0.2, 0.25) is 0 Å². The maximum absolute atomic E-state index is 5.57. The number of rotatable bonds is 5. The Bertz CT molecular complexity index is 278. The van der Waals surface area contributed by atoms with Gasteiger partial charge in [0.25, 0.3) is 0 Å². The highest BCUT2D eigenvalue weighted by molar-refractivity contribution is 7.98. The van der Waals surface area contributed by atoms with Crippen molar-refractivity contribution in [2.45, 2.75) is 6.92 Å². The van der Waals surface area contributed by atoms with Crippen molar-refractivity contribution in [3.05, 3.63) is 18.3 Å². The summed E-state index contributed by atoms with van der Waals surface area (Å²) in [5.74, 6) is 2.40. The van der Waals surface area contributed by atoms with Gasteiger partial charge in [-0.25, -0.2) is 4.98 Å². The average Bonchev–Trinajstić information content (AvgIpc) is 2.15. The van der Waals surface area contributed by atoms with Crippen molar-refractivity contribution in [2.75, 3.05) is 29.6 Å². The standard InChI is InChI=1S/C10H17N3S/c1-8(7-14-2)6-13-9-3-4-12-10(11)5-9/h3-5,8H,6-7H2,1-2H3,(H3,11,12,13). The Morgan fingerprint density at radius 2 is 2.43 bits per heavy atom. The molecule has 0 saturated heterocycles. The predicted molar refractivity (Wildman–Crippen MR) is 64.7 cm³/mol. The number of pyridine rings is 1. The van der Waals surface area contributed by atoms with Gasteiger partial charge in [0, 0.05) is 24.5 Å². The molecule has 0 bridgehead atoms. The Morgan fingerprint density at radius 3 is 3.07 bits per heavy atom. The molecular weight excluding hydrogens is 194 g/mol. The Morgan fingerprint density at radius 1 is 1.64 bits per heavy atom. The lowest BCUT2D eigenvalue weighted by molar-refractivity contribution is 0.701. The van der Waals surface area contributed by atoms with Crippen LogP contribution in [0.15, 0.2) is 18.3 Å². The van der Waals surface area contributed by atoms with Crippen molar-refractivity contribution in [3.63, 3.8) is 0 Å². The number of nitrogens with two attached hydrogens (primary N) is 1. The molecule has 0 aliphatic rings. The van der Waals surface area contributed by atoms with Gasteiger partial charge in [0.05, 0.1) is 0 Å². The van der Waals surface area contributed by atoms with Gasteiger partial charge in [-0.3, -0.25) is 0 Å². The van der Waals surface area contributed by atoms with E-state index in [2.05, 4.69) is 23.5 Å².